The summed E-state index contributed by atoms with van der Waals surface area (Å²) >= 11 is 2.15. The van der Waals surface area contributed by atoms with Gasteiger partial charge in [0, 0.05) is 28.8 Å². The number of fused-ring (bicyclic) bond motifs is 1. The van der Waals surface area contributed by atoms with E-state index in [1.54, 1.807) is 0 Å². The van der Waals surface area contributed by atoms with Gasteiger partial charge in [-0.3, -0.25) is 4.40 Å². The van der Waals surface area contributed by atoms with Gasteiger partial charge >= 0.3 is 0 Å². The summed E-state index contributed by atoms with van der Waals surface area (Å²) in [7, 11) is 0. The van der Waals surface area contributed by atoms with E-state index in [1.165, 1.54) is 5.56 Å². The number of rotatable bonds is 0. The van der Waals surface area contributed by atoms with E-state index in [9.17, 15) is 0 Å². The number of aryl methyl sites for hydroxylation is 1. The van der Waals surface area contributed by atoms with Crippen LogP contribution < -0.4 is 0 Å². The summed E-state index contributed by atoms with van der Waals surface area (Å²) in [5, 5.41) is 7.92. The van der Waals surface area contributed by atoms with Crippen molar-refractivity contribution >= 4 is 28.2 Å². The number of hydrogen-bond donors (Lipinski definition) is 0. The fourth-order valence-electron chi connectivity index (χ4n) is 0.964. The van der Waals surface area contributed by atoms with Crippen LogP contribution in [0.2, 0.25) is 0 Å². The number of aromatic nitrogens is 3. The molecule has 2 aromatic rings. The standard InChI is InChI=1S/C7H6IN3/c1-5-2-3-11-6(4-5)9-10-7(11)8/h2-4H,1H3. The lowest BCUT2D eigenvalue weighted by Crippen LogP contribution is -1.86. The molecule has 0 aliphatic rings. The maximum absolute atomic E-state index is 3.98. The van der Waals surface area contributed by atoms with Gasteiger partial charge in [-0.15, -0.1) is 10.2 Å². The molecule has 2 aromatic heterocycles. The second-order valence-corrected chi connectivity index (χ2v) is 3.37. The number of halogens is 1. The van der Waals surface area contributed by atoms with E-state index < -0.39 is 0 Å². The predicted molar refractivity (Wildman–Crippen MR) is 50.4 cm³/mol. The molecule has 0 spiro atoms. The largest absolute Gasteiger partial charge is 0.278 e. The highest BCUT2D eigenvalue weighted by Crippen LogP contribution is 2.07. The van der Waals surface area contributed by atoms with Crippen molar-refractivity contribution < 1.29 is 0 Å². The molecule has 0 saturated heterocycles. The summed E-state index contributed by atoms with van der Waals surface area (Å²) in [5.74, 6) is 0. The van der Waals surface area contributed by atoms with Gasteiger partial charge in [0.15, 0.2) is 9.48 Å². The third-order valence-electron chi connectivity index (χ3n) is 1.52. The first-order chi connectivity index (χ1) is 5.27. The minimum absolute atomic E-state index is 0.901. The highest BCUT2D eigenvalue weighted by Gasteiger charge is 1.99. The van der Waals surface area contributed by atoms with E-state index in [2.05, 4.69) is 32.8 Å². The summed E-state index contributed by atoms with van der Waals surface area (Å²) in [6.07, 6.45) is 1.98. The molecule has 0 atom stereocenters. The van der Waals surface area contributed by atoms with Crippen LogP contribution in [0.1, 0.15) is 5.56 Å². The Balaban J connectivity index is 2.86. The van der Waals surface area contributed by atoms with Crippen LogP contribution in [0.5, 0.6) is 0 Å². The van der Waals surface area contributed by atoms with E-state index in [0.29, 0.717) is 0 Å². The van der Waals surface area contributed by atoms with Crippen molar-refractivity contribution in [2.24, 2.45) is 0 Å². The van der Waals surface area contributed by atoms with Gasteiger partial charge in [-0.2, -0.15) is 0 Å². The van der Waals surface area contributed by atoms with Crippen LogP contribution in [0.15, 0.2) is 18.3 Å². The van der Waals surface area contributed by atoms with E-state index >= 15 is 0 Å². The lowest BCUT2D eigenvalue weighted by molar-refractivity contribution is 1.05. The van der Waals surface area contributed by atoms with Crippen LogP contribution in [0, 0.1) is 10.8 Å². The fourth-order valence-corrected chi connectivity index (χ4v) is 1.48. The molecular weight excluding hydrogens is 253 g/mol. The lowest BCUT2D eigenvalue weighted by Gasteiger charge is -1.93. The van der Waals surface area contributed by atoms with Crippen molar-refractivity contribution in [2.45, 2.75) is 6.92 Å². The predicted octanol–water partition coefficient (Wildman–Crippen LogP) is 1.64. The molecule has 0 unspecified atom stereocenters. The van der Waals surface area contributed by atoms with Crippen LogP contribution in [0.3, 0.4) is 0 Å². The van der Waals surface area contributed by atoms with Gasteiger partial charge < -0.3 is 0 Å². The van der Waals surface area contributed by atoms with Gasteiger partial charge in [0.1, 0.15) is 0 Å². The highest BCUT2D eigenvalue weighted by molar-refractivity contribution is 14.1. The summed E-state index contributed by atoms with van der Waals surface area (Å²) in [5.41, 5.74) is 2.12. The summed E-state index contributed by atoms with van der Waals surface area (Å²) in [4.78, 5) is 0. The van der Waals surface area contributed by atoms with Crippen LogP contribution >= 0.6 is 22.6 Å². The molecule has 3 nitrogen and oxygen atoms in total. The molecule has 0 aromatic carbocycles. The quantitative estimate of drug-likeness (QED) is 0.673. The molecule has 11 heavy (non-hydrogen) atoms. The Hall–Kier alpha value is -0.650. The first-order valence-corrected chi connectivity index (χ1v) is 4.32. The first-order valence-electron chi connectivity index (χ1n) is 3.24. The van der Waals surface area contributed by atoms with Crippen LogP contribution in [-0.4, -0.2) is 14.6 Å². The summed E-state index contributed by atoms with van der Waals surface area (Å²) in [6.45, 7) is 2.04. The topological polar surface area (TPSA) is 30.2 Å². The smallest absolute Gasteiger partial charge is 0.198 e. The molecule has 2 rings (SSSR count). The van der Waals surface area contributed by atoms with Gasteiger partial charge in [0.2, 0.25) is 0 Å². The van der Waals surface area contributed by atoms with Crippen LogP contribution in [-0.2, 0) is 0 Å². The van der Waals surface area contributed by atoms with E-state index in [-0.39, 0.29) is 0 Å². The van der Waals surface area contributed by atoms with Crippen LogP contribution in [0.4, 0.5) is 0 Å². The zero-order valence-corrected chi connectivity index (χ0v) is 8.11. The van der Waals surface area contributed by atoms with Gasteiger partial charge in [-0.25, -0.2) is 0 Å². The third-order valence-corrected chi connectivity index (χ3v) is 2.26. The highest BCUT2D eigenvalue weighted by atomic mass is 127. The molecule has 0 fully saturated rings. The zero-order valence-electron chi connectivity index (χ0n) is 5.95. The summed E-state index contributed by atoms with van der Waals surface area (Å²) in [6, 6.07) is 4.05. The maximum atomic E-state index is 3.98. The molecule has 4 heteroatoms. The van der Waals surface area contributed by atoms with Crippen molar-refractivity contribution in [1.82, 2.24) is 14.6 Å². The van der Waals surface area contributed by atoms with E-state index in [4.69, 9.17) is 0 Å². The fraction of sp³-hybridized carbons (Fsp3) is 0.143. The van der Waals surface area contributed by atoms with Gasteiger partial charge in [0.25, 0.3) is 0 Å². The minimum Gasteiger partial charge on any atom is -0.278 e. The number of nitrogens with zero attached hydrogens (tertiary/aromatic N) is 3. The summed E-state index contributed by atoms with van der Waals surface area (Å²) < 4.78 is 2.85. The molecule has 0 aliphatic carbocycles. The molecule has 0 N–H and O–H groups in total. The third kappa shape index (κ3) is 1.11. The van der Waals surface area contributed by atoms with Crippen molar-refractivity contribution in [1.29, 1.82) is 0 Å². The molecule has 0 radical (unpaired) electrons. The SMILES string of the molecule is Cc1ccn2c(I)nnc2c1. The van der Waals surface area contributed by atoms with Crippen LogP contribution in [0.25, 0.3) is 5.65 Å². The average molecular weight is 259 g/mol. The molecule has 0 saturated carbocycles. The van der Waals surface area contributed by atoms with E-state index in [1.807, 2.05) is 29.7 Å². The normalized spacial score (nSPS) is 10.7. The van der Waals surface area contributed by atoms with Crippen molar-refractivity contribution in [2.75, 3.05) is 0 Å². The number of pyridine rings is 1. The Labute approximate surface area is 77.6 Å². The first kappa shape index (κ1) is 7.02. The van der Waals surface area contributed by atoms with Gasteiger partial charge in [-0.05, 0) is 24.6 Å². The number of hydrogen-bond acceptors (Lipinski definition) is 2. The Kier molecular flexibility index (Phi) is 1.56. The molecule has 0 amide bonds. The average Bonchev–Trinajstić information content (AvgIpc) is 2.32. The Bertz CT molecular complexity index is 393. The molecular formula is C7H6IN3. The Morgan fingerprint density at radius 3 is 3.09 bits per heavy atom. The zero-order chi connectivity index (χ0) is 7.84. The lowest BCUT2D eigenvalue weighted by atomic mass is 10.3. The Morgan fingerprint density at radius 1 is 1.45 bits per heavy atom. The van der Waals surface area contributed by atoms with Crippen molar-refractivity contribution in [3.05, 3.63) is 27.7 Å². The van der Waals surface area contributed by atoms with Gasteiger partial charge in [-0.1, -0.05) is 0 Å². The monoisotopic (exact) mass is 259 g/mol. The van der Waals surface area contributed by atoms with Crippen molar-refractivity contribution in [3.63, 3.8) is 0 Å². The Morgan fingerprint density at radius 2 is 2.27 bits per heavy atom. The second-order valence-electron chi connectivity index (χ2n) is 2.40. The second kappa shape index (κ2) is 2.44. The maximum Gasteiger partial charge on any atom is 0.198 e. The van der Waals surface area contributed by atoms with E-state index in [0.717, 1.165) is 9.48 Å². The minimum atomic E-state index is 0.901. The molecule has 0 aliphatic heterocycles. The molecule has 0 bridgehead atoms. The van der Waals surface area contributed by atoms with Crippen molar-refractivity contribution in [3.8, 4) is 0 Å². The molecule has 56 valence electrons. The molecule has 2 heterocycles. The van der Waals surface area contributed by atoms with Gasteiger partial charge in [0.05, 0.1) is 0 Å².